The van der Waals surface area contributed by atoms with Crippen LogP contribution in [0.15, 0.2) is 41.1 Å². The molecule has 0 spiro atoms. The Morgan fingerprint density at radius 3 is 2.71 bits per heavy atom. The molecule has 8 heteroatoms. The Bertz CT molecular complexity index is 896. The van der Waals surface area contributed by atoms with Crippen LogP contribution in [0.3, 0.4) is 0 Å². The van der Waals surface area contributed by atoms with E-state index in [1.165, 1.54) is 6.20 Å². The van der Waals surface area contributed by atoms with Crippen LogP contribution < -0.4 is 0 Å². The smallest absolute Gasteiger partial charge is 0.257 e. The van der Waals surface area contributed by atoms with E-state index in [1.54, 1.807) is 6.20 Å². The van der Waals surface area contributed by atoms with E-state index < -0.39 is 5.60 Å². The van der Waals surface area contributed by atoms with Crippen molar-refractivity contribution in [2.45, 2.75) is 24.5 Å². The van der Waals surface area contributed by atoms with Crippen molar-refractivity contribution in [1.29, 1.82) is 0 Å². The standard InChI is InChI=1S/C20H20BrCl2N3O2/c21-17-10-24-9-16(18(17)23)19(27)25-7-8-26-12-20(28,6-5-15(26)11-25)13-1-3-14(22)4-2-13/h1-4,9-10,15,28H,5-8,11-12H2/t15-,20-/m1/s1. The lowest BCUT2D eigenvalue weighted by Crippen LogP contribution is -2.60. The second kappa shape index (κ2) is 7.92. The SMILES string of the molecule is O=C(c1cncc(Br)c1Cl)N1CCN2C[C@@](O)(c3ccc(Cl)cc3)CC[C@@H]2C1. The number of pyridine rings is 1. The van der Waals surface area contributed by atoms with Gasteiger partial charge in [-0.3, -0.25) is 14.7 Å². The van der Waals surface area contributed by atoms with E-state index in [1.807, 2.05) is 29.2 Å². The molecule has 0 unspecified atom stereocenters. The first-order chi connectivity index (χ1) is 13.4. The number of piperazine rings is 1. The number of nitrogens with zero attached hydrogens (tertiary/aromatic N) is 3. The quantitative estimate of drug-likeness (QED) is 0.700. The number of hydrogen-bond acceptors (Lipinski definition) is 4. The molecule has 1 aromatic heterocycles. The Labute approximate surface area is 182 Å². The predicted molar refractivity (Wildman–Crippen MR) is 113 cm³/mol. The summed E-state index contributed by atoms with van der Waals surface area (Å²) < 4.78 is 0.615. The van der Waals surface area contributed by atoms with Gasteiger partial charge in [-0.1, -0.05) is 35.3 Å². The largest absolute Gasteiger partial charge is 0.384 e. The number of benzene rings is 1. The molecule has 0 bridgehead atoms. The third kappa shape index (κ3) is 3.81. The van der Waals surface area contributed by atoms with Crippen molar-refractivity contribution in [3.63, 3.8) is 0 Å². The molecule has 1 amide bonds. The summed E-state index contributed by atoms with van der Waals surface area (Å²) in [6, 6.07) is 7.64. The maximum atomic E-state index is 12.9. The normalized spacial score (nSPS) is 25.4. The number of fused-ring (bicyclic) bond motifs is 1. The maximum absolute atomic E-state index is 12.9. The molecule has 5 nitrogen and oxygen atoms in total. The Morgan fingerprint density at radius 2 is 1.96 bits per heavy atom. The number of carbonyl (C=O) groups is 1. The minimum atomic E-state index is -0.884. The number of piperidine rings is 1. The molecule has 2 aliphatic rings. The van der Waals surface area contributed by atoms with Crippen LogP contribution in [0.5, 0.6) is 0 Å². The first-order valence-electron chi connectivity index (χ1n) is 9.18. The zero-order valence-electron chi connectivity index (χ0n) is 15.1. The van der Waals surface area contributed by atoms with Crippen LogP contribution in [0.1, 0.15) is 28.8 Å². The monoisotopic (exact) mass is 483 g/mol. The number of hydrogen-bond donors (Lipinski definition) is 1. The van der Waals surface area contributed by atoms with Gasteiger partial charge in [0, 0.05) is 49.6 Å². The van der Waals surface area contributed by atoms with Crippen molar-refractivity contribution in [3.05, 3.63) is 62.3 Å². The lowest BCUT2D eigenvalue weighted by Gasteiger charge is -2.49. The van der Waals surface area contributed by atoms with E-state index in [-0.39, 0.29) is 11.9 Å². The molecule has 1 aromatic carbocycles. The van der Waals surface area contributed by atoms with Gasteiger partial charge in [0.2, 0.25) is 0 Å². The Morgan fingerprint density at radius 1 is 1.21 bits per heavy atom. The summed E-state index contributed by atoms with van der Waals surface area (Å²) >= 11 is 15.6. The highest BCUT2D eigenvalue weighted by Crippen LogP contribution is 2.36. The second-order valence-electron chi connectivity index (χ2n) is 7.44. The molecule has 1 N–H and O–H groups in total. The van der Waals surface area contributed by atoms with E-state index in [0.717, 1.165) is 12.0 Å². The number of amides is 1. The van der Waals surface area contributed by atoms with Crippen LogP contribution in [-0.4, -0.2) is 58.0 Å². The van der Waals surface area contributed by atoms with Gasteiger partial charge in [-0.2, -0.15) is 0 Å². The lowest BCUT2D eigenvalue weighted by atomic mass is 9.82. The highest BCUT2D eigenvalue weighted by Gasteiger charge is 2.42. The van der Waals surface area contributed by atoms with Gasteiger partial charge in [0.1, 0.15) is 5.60 Å². The molecule has 2 saturated heterocycles. The molecule has 2 aliphatic heterocycles. The zero-order valence-corrected chi connectivity index (χ0v) is 18.2. The van der Waals surface area contributed by atoms with Gasteiger partial charge in [-0.25, -0.2) is 0 Å². The lowest BCUT2D eigenvalue weighted by molar-refractivity contribution is -0.0740. The van der Waals surface area contributed by atoms with Crippen molar-refractivity contribution in [1.82, 2.24) is 14.8 Å². The summed E-state index contributed by atoms with van der Waals surface area (Å²) in [7, 11) is 0. The second-order valence-corrected chi connectivity index (χ2v) is 9.10. The van der Waals surface area contributed by atoms with Gasteiger partial charge in [0.15, 0.2) is 0 Å². The van der Waals surface area contributed by atoms with E-state index in [2.05, 4.69) is 25.8 Å². The predicted octanol–water partition coefficient (Wildman–Crippen LogP) is 3.96. The fourth-order valence-corrected chi connectivity index (χ4v) is 4.75. The van der Waals surface area contributed by atoms with Gasteiger partial charge in [0.05, 0.1) is 15.1 Å². The van der Waals surface area contributed by atoms with Crippen LogP contribution in [0.2, 0.25) is 10.0 Å². The first kappa shape index (κ1) is 20.1. The Balaban J connectivity index is 1.46. The molecule has 4 rings (SSSR count). The van der Waals surface area contributed by atoms with Crippen LogP contribution in [0, 0.1) is 0 Å². The van der Waals surface area contributed by atoms with Crippen molar-refractivity contribution < 1.29 is 9.90 Å². The molecular weight excluding hydrogens is 465 g/mol. The maximum Gasteiger partial charge on any atom is 0.257 e. The van der Waals surface area contributed by atoms with E-state index in [9.17, 15) is 9.90 Å². The fourth-order valence-electron chi connectivity index (χ4n) is 4.11. The van der Waals surface area contributed by atoms with Gasteiger partial charge in [0.25, 0.3) is 5.91 Å². The molecule has 2 fully saturated rings. The van der Waals surface area contributed by atoms with E-state index >= 15 is 0 Å². The fraction of sp³-hybridized carbons (Fsp3) is 0.400. The van der Waals surface area contributed by atoms with Crippen molar-refractivity contribution >= 4 is 45.0 Å². The van der Waals surface area contributed by atoms with Crippen molar-refractivity contribution in [2.75, 3.05) is 26.2 Å². The molecule has 2 atom stereocenters. The number of rotatable bonds is 2. The summed E-state index contributed by atoms with van der Waals surface area (Å²) in [5, 5.41) is 12.2. The average molecular weight is 485 g/mol. The van der Waals surface area contributed by atoms with Gasteiger partial charge in [-0.05, 0) is 46.5 Å². The summed E-state index contributed by atoms with van der Waals surface area (Å²) in [5.74, 6) is -0.100. The van der Waals surface area contributed by atoms with Gasteiger partial charge < -0.3 is 10.0 Å². The van der Waals surface area contributed by atoms with Crippen LogP contribution in [-0.2, 0) is 5.60 Å². The Hall–Kier alpha value is -1.18. The molecule has 0 aliphatic carbocycles. The minimum absolute atomic E-state index is 0.100. The van der Waals surface area contributed by atoms with Crippen LogP contribution in [0.4, 0.5) is 0 Å². The highest BCUT2D eigenvalue weighted by atomic mass is 79.9. The average Bonchev–Trinajstić information content (AvgIpc) is 2.69. The summed E-state index contributed by atoms with van der Waals surface area (Å²) in [6.45, 7) is 2.49. The van der Waals surface area contributed by atoms with Gasteiger partial charge in [-0.15, -0.1) is 0 Å². The molecule has 3 heterocycles. The molecule has 148 valence electrons. The molecule has 0 saturated carbocycles. The highest BCUT2D eigenvalue weighted by molar-refractivity contribution is 9.10. The number of aromatic nitrogens is 1. The molecule has 28 heavy (non-hydrogen) atoms. The summed E-state index contributed by atoms with van der Waals surface area (Å²) in [5.41, 5.74) is 0.420. The van der Waals surface area contributed by atoms with E-state index in [0.29, 0.717) is 52.7 Å². The third-order valence-corrected chi connectivity index (χ3v) is 7.19. The Kier molecular flexibility index (Phi) is 5.69. The molecule has 2 aromatic rings. The van der Waals surface area contributed by atoms with Crippen molar-refractivity contribution in [3.8, 4) is 0 Å². The third-order valence-electron chi connectivity index (χ3n) is 5.70. The summed E-state index contributed by atoms with van der Waals surface area (Å²) in [4.78, 5) is 21.1. The topological polar surface area (TPSA) is 56.7 Å². The number of halogens is 3. The van der Waals surface area contributed by atoms with E-state index in [4.69, 9.17) is 23.2 Å². The van der Waals surface area contributed by atoms with Crippen molar-refractivity contribution in [2.24, 2.45) is 0 Å². The van der Waals surface area contributed by atoms with Crippen LogP contribution >= 0.6 is 39.1 Å². The minimum Gasteiger partial charge on any atom is -0.384 e. The molecular formula is C20H20BrCl2N3O2. The number of aliphatic hydroxyl groups is 1. The summed E-state index contributed by atoms with van der Waals surface area (Å²) in [6.07, 6.45) is 4.56. The zero-order chi connectivity index (χ0) is 19.9. The molecule has 0 radical (unpaired) electrons. The van der Waals surface area contributed by atoms with Gasteiger partial charge >= 0.3 is 0 Å². The number of carbonyl (C=O) groups excluding carboxylic acids is 1. The van der Waals surface area contributed by atoms with Crippen LogP contribution in [0.25, 0.3) is 0 Å². The first-order valence-corrected chi connectivity index (χ1v) is 10.7.